The molecule has 1 N–H and O–H groups in total. The molecule has 3 rings (SSSR count). The van der Waals surface area contributed by atoms with E-state index in [0.717, 1.165) is 5.69 Å². The molecule has 0 spiro atoms. The number of aliphatic hydroxyl groups excluding tert-OH is 1. The third-order valence-corrected chi connectivity index (χ3v) is 3.00. The maximum atomic E-state index is 10.6. The lowest BCUT2D eigenvalue weighted by molar-refractivity contribution is -0.402. The molecule has 1 atom stereocenters. The Hall–Kier alpha value is -2.93. The Kier molecular flexibility index (Phi) is 3.25. The highest BCUT2D eigenvalue weighted by atomic mass is 16.6. The van der Waals surface area contributed by atoms with Crippen molar-refractivity contribution >= 4 is 5.88 Å². The van der Waals surface area contributed by atoms with Crippen LogP contribution in [0.5, 0.6) is 0 Å². The van der Waals surface area contributed by atoms with Crippen molar-refractivity contribution in [2.75, 3.05) is 0 Å². The number of nitrogens with zero attached hydrogens (tertiary/aromatic N) is 3. The van der Waals surface area contributed by atoms with E-state index in [-0.39, 0.29) is 5.76 Å². The first-order valence-electron chi connectivity index (χ1n) is 6.17. The third-order valence-electron chi connectivity index (χ3n) is 3.00. The highest BCUT2D eigenvalue weighted by molar-refractivity contribution is 5.32. The van der Waals surface area contributed by atoms with Crippen molar-refractivity contribution in [3.8, 4) is 5.69 Å². The topological polar surface area (TPSA) is 94.3 Å². The third kappa shape index (κ3) is 2.54. The Balaban J connectivity index is 1.87. The minimum Gasteiger partial charge on any atom is -0.403 e. The van der Waals surface area contributed by atoms with Crippen molar-refractivity contribution in [1.29, 1.82) is 0 Å². The second kappa shape index (κ2) is 5.22. The molecule has 2 aromatic heterocycles. The van der Waals surface area contributed by atoms with Crippen LogP contribution in [0.25, 0.3) is 5.69 Å². The number of benzene rings is 1. The molecule has 0 aliphatic heterocycles. The van der Waals surface area contributed by atoms with Gasteiger partial charge in [-0.3, -0.25) is 10.1 Å². The predicted octanol–water partition coefficient (Wildman–Crippen LogP) is 2.46. The lowest BCUT2D eigenvalue weighted by Gasteiger charge is -2.03. The fourth-order valence-electron chi connectivity index (χ4n) is 1.95. The molecule has 0 saturated heterocycles. The highest BCUT2D eigenvalue weighted by Gasteiger charge is 2.20. The normalized spacial score (nSPS) is 12.2. The zero-order chi connectivity index (χ0) is 14.8. The summed E-state index contributed by atoms with van der Waals surface area (Å²) in [6.45, 7) is 0. The van der Waals surface area contributed by atoms with Gasteiger partial charge in [-0.05, 0) is 18.2 Å². The number of aromatic nitrogens is 2. The van der Waals surface area contributed by atoms with Gasteiger partial charge in [-0.1, -0.05) is 18.2 Å². The Morgan fingerprint density at radius 1 is 1.24 bits per heavy atom. The molecule has 0 saturated carbocycles. The summed E-state index contributed by atoms with van der Waals surface area (Å²) in [6, 6.07) is 12.0. The maximum absolute atomic E-state index is 10.6. The zero-order valence-corrected chi connectivity index (χ0v) is 10.8. The Morgan fingerprint density at radius 2 is 2.00 bits per heavy atom. The van der Waals surface area contributed by atoms with Gasteiger partial charge < -0.3 is 9.52 Å². The predicted molar refractivity (Wildman–Crippen MR) is 73.0 cm³/mol. The van der Waals surface area contributed by atoms with Crippen molar-refractivity contribution in [3.05, 3.63) is 76.3 Å². The van der Waals surface area contributed by atoms with Gasteiger partial charge in [0, 0.05) is 11.8 Å². The van der Waals surface area contributed by atoms with E-state index in [1.54, 1.807) is 10.9 Å². The summed E-state index contributed by atoms with van der Waals surface area (Å²) >= 11 is 0. The minimum absolute atomic E-state index is 0.106. The number of aliphatic hydroxyl groups is 1. The number of para-hydroxylation sites is 1. The molecule has 1 aromatic carbocycles. The average Bonchev–Trinajstić information content (AvgIpc) is 3.17. The van der Waals surface area contributed by atoms with Gasteiger partial charge in [0.15, 0.2) is 0 Å². The molecule has 3 aromatic rings. The lowest BCUT2D eigenvalue weighted by Crippen LogP contribution is -1.97. The summed E-state index contributed by atoms with van der Waals surface area (Å²) in [5.74, 6) is -0.297. The molecule has 0 aliphatic rings. The molecule has 0 fully saturated rings. The molecule has 1 unspecified atom stereocenters. The Morgan fingerprint density at radius 3 is 2.67 bits per heavy atom. The number of nitro groups is 1. The van der Waals surface area contributed by atoms with Gasteiger partial charge in [0.25, 0.3) is 0 Å². The summed E-state index contributed by atoms with van der Waals surface area (Å²) < 4.78 is 6.60. The van der Waals surface area contributed by atoms with Crippen LogP contribution in [-0.4, -0.2) is 19.8 Å². The second-order valence-corrected chi connectivity index (χ2v) is 4.39. The Bertz CT molecular complexity index is 763. The van der Waals surface area contributed by atoms with Gasteiger partial charge in [0.1, 0.15) is 16.8 Å². The van der Waals surface area contributed by atoms with E-state index in [2.05, 4.69) is 5.10 Å². The smallest absolute Gasteiger partial charge is 0.403 e. The summed E-state index contributed by atoms with van der Waals surface area (Å²) in [5.41, 5.74) is 1.34. The molecule has 0 amide bonds. The molecule has 0 aliphatic carbocycles. The summed E-state index contributed by atoms with van der Waals surface area (Å²) in [4.78, 5) is 9.93. The number of furan rings is 1. The van der Waals surface area contributed by atoms with Crippen molar-refractivity contribution in [3.63, 3.8) is 0 Å². The second-order valence-electron chi connectivity index (χ2n) is 4.39. The number of hydrogen-bond donors (Lipinski definition) is 1. The van der Waals surface area contributed by atoms with Gasteiger partial charge in [0.2, 0.25) is 0 Å². The van der Waals surface area contributed by atoms with Gasteiger partial charge in [-0.25, -0.2) is 4.68 Å². The van der Waals surface area contributed by atoms with Gasteiger partial charge in [-0.2, -0.15) is 5.10 Å². The molecule has 0 radical (unpaired) electrons. The SMILES string of the molecule is O=[N+]([O-])c1ccc(C(O)c2cnn(-c3ccccc3)c2)o1. The van der Waals surface area contributed by atoms with Crippen LogP contribution in [-0.2, 0) is 0 Å². The molecule has 106 valence electrons. The number of rotatable bonds is 4. The first kappa shape index (κ1) is 13.1. The molecular weight excluding hydrogens is 274 g/mol. The quantitative estimate of drug-likeness (QED) is 0.587. The van der Waals surface area contributed by atoms with Gasteiger partial charge in [-0.15, -0.1) is 0 Å². The van der Waals surface area contributed by atoms with E-state index in [4.69, 9.17) is 4.42 Å². The van der Waals surface area contributed by atoms with Crippen LogP contribution in [0.4, 0.5) is 5.88 Å². The van der Waals surface area contributed by atoms with Crippen LogP contribution >= 0.6 is 0 Å². The van der Waals surface area contributed by atoms with Crippen LogP contribution in [0.3, 0.4) is 0 Å². The molecule has 2 heterocycles. The van der Waals surface area contributed by atoms with E-state index in [0.29, 0.717) is 5.56 Å². The van der Waals surface area contributed by atoms with Crippen molar-refractivity contribution < 1.29 is 14.4 Å². The molecule has 7 nitrogen and oxygen atoms in total. The maximum Gasteiger partial charge on any atom is 0.433 e. The summed E-state index contributed by atoms with van der Waals surface area (Å²) in [5, 5.41) is 24.9. The largest absolute Gasteiger partial charge is 0.433 e. The lowest BCUT2D eigenvalue weighted by atomic mass is 10.1. The fourth-order valence-corrected chi connectivity index (χ4v) is 1.95. The van der Waals surface area contributed by atoms with Gasteiger partial charge >= 0.3 is 5.88 Å². The highest BCUT2D eigenvalue weighted by Crippen LogP contribution is 2.26. The first-order chi connectivity index (χ1) is 10.1. The number of hydrogen-bond acceptors (Lipinski definition) is 5. The average molecular weight is 285 g/mol. The summed E-state index contributed by atoms with van der Waals surface area (Å²) in [6.07, 6.45) is 2.04. The van der Waals surface area contributed by atoms with Crippen LogP contribution in [0.2, 0.25) is 0 Å². The zero-order valence-electron chi connectivity index (χ0n) is 10.8. The van der Waals surface area contributed by atoms with E-state index in [1.807, 2.05) is 30.3 Å². The molecular formula is C14H11N3O4. The van der Waals surface area contributed by atoms with E-state index >= 15 is 0 Å². The Labute approximate surface area is 119 Å². The molecule has 0 bridgehead atoms. The minimum atomic E-state index is -1.10. The van der Waals surface area contributed by atoms with Gasteiger partial charge in [0.05, 0.1) is 18.0 Å². The fraction of sp³-hybridized carbons (Fsp3) is 0.0714. The van der Waals surface area contributed by atoms with Crippen LogP contribution in [0.15, 0.2) is 59.3 Å². The van der Waals surface area contributed by atoms with Crippen molar-refractivity contribution in [1.82, 2.24) is 9.78 Å². The van der Waals surface area contributed by atoms with E-state index < -0.39 is 16.9 Å². The first-order valence-corrected chi connectivity index (χ1v) is 6.17. The molecule has 7 heteroatoms. The van der Waals surface area contributed by atoms with E-state index in [9.17, 15) is 15.2 Å². The monoisotopic (exact) mass is 285 g/mol. The van der Waals surface area contributed by atoms with E-state index in [1.165, 1.54) is 18.3 Å². The van der Waals surface area contributed by atoms with Crippen LogP contribution in [0, 0.1) is 10.1 Å². The van der Waals surface area contributed by atoms with Crippen molar-refractivity contribution in [2.24, 2.45) is 0 Å². The standard InChI is InChI=1S/C14H11N3O4/c18-14(12-6-7-13(21-12)17(19)20)10-8-15-16(9-10)11-4-2-1-3-5-11/h1-9,14,18H. The van der Waals surface area contributed by atoms with Crippen LogP contribution < -0.4 is 0 Å². The molecule has 21 heavy (non-hydrogen) atoms. The van der Waals surface area contributed by atoms with Crippen LogP contribution in [0.1, 0.15) is 17.4 Å². The van der Waals surface area contributed by atoms with Crippen molar-refractivity contribution in [2.45, 2.75) is 6.10 Å². The summed E-state index contributed by atoms with van der Waals surface area (Å²) in [7, 11) is 0.